The maximum Gasteiger partial charge on any atom is 0.260 e. The zero-order valence-electron chi connectivity index (χ0n) is 8.79. The molecule has 1 N–H and O–H groups in total. The summed E-state index contributed by atoms with van der Waals surface area (Å²) in [7, 11) is 0. The molecule has 0 bridgehead atoms. The molecule has 0 spiro atoms. The van der Waals surface area contributed by atoms with Gasteiger partial charge in [0.05, 0.1) is 0 Å². The highest BCUT2D eigenvalue weighted by atomic mass is 127. The highest BCUT2D eigenvalue weighted by Crippen LogP contribution is 2.16. The molecule has 0 fully saturated rings. The fourth-order valence-corrected chi connectivity index (χ4v) is 1.63. The largest absolute Gasteiger partial charge is 0.481 e. The van der Waals surface area contributed by atoms with E-state index < -0.39 is 6.10 Å². The molecule has 0 radical (unpaired) electrons. The second kappa shape index (κ2) is 5.95. The van der Waals surface area contributed by atoms with E-state index in [1.807, 2.05) is 31.2 Å². The van der Waals surface area contributed by atoms with Crippen molar-refractivity contribution in [3.63, 3.8) is 0 Å². The molecule has 0 saturated carbocycles. The predicted molar refractivity (Wildman–Crippen MR) is 67.9 cm³/mol. The first-order chi connectivity index (χ1) is 7.13. The first-order valence-electron chi connectivity index (χ1n) is 4.83. The van der Waals surface area contributed by atoms with Crippen molar-refractivity contribution in [3.05, 3.63) is 27.8 Å². The number of ether oxygens (including phenoxy) is 1. The summed E-state index contributed by atoms with van der Waals surface area (Å²) in [6.45, 7) is 4.25. The molecule has 1 unspecified atom stereocenters. The molecule has 0 aliphatic rings. The molecule has 1 aromatic rings. The molecular weight excluding hydrogens is 305 g/mol. The van der Waals surface area contributed by atoms with Gasteiger partial charge in [0.25, 0.3) is 5.91 Å². The standard InChI is InChI=1S/C11H14INO2/c1-3-13-11(14)8(2)15-10-6-4-5-9(12)7-10/h4-8H,3H2,1-2H3,(H,13,14). The van der Waals surface area contributed by atoms with Crippen molar-refractivity contribution >= 4 is 28.5 Å². The molecule has 0 aliphatic carbocycles. The monoisotopic (exact) mass is 319 g/mol. The Bertz CT molecular complexity index is 341. The van der Waals surface area contributed by atoms with E-state index in [0.717, 1.165) is 9.32 Å². The summed E-state index contributed by atoms with van der Waals surface area (Å²) in [6.07, 6.45) is -0.455. The Morgan fingerprint density at radius 1 is 1.60 bits per heavy atom. The topological polar surface area (TPSA) is 38.3 Å². The molecule has 0 heterocycles. The van der Waals surface area contributed by atoms with Gasteiger partial charge in [-0.25, -0.2) is 0 Å². The van der Waals surface area contributed by atoms with Crippen LogP contribution in [0.1, 0.15) is 13.8 Å². The Morgan fingerprint density at radius 3 is 2.93 bits per heavy atom. The lowest BCUT2D eigenvalue weighted by molar-refractivity contribution is -0.127. The van der Waals surface area contributed by atoms with E-state index in [2.05, 4.69) is 27.9 Å². The van der Waals surface area contributed by atoms with Crippen LogP contribution in [0.3, 0.4) is 0 Å². The number of likely N-dealkylation sites (N-methyl/N-ethyl adjacent to an activating group) is 1. The number of amides is 1. The third-order valence-corrected chi connectivity index (χ3v) is 2.50. The van der Waals surface area contributed by atoms with Crippen molar-refractivity contribution in [1.82, 2.24) is 5.32 Å². The van der Waals surface area contributed by atoms with Crippen LogP contribution in [0.4, 0.5) is 0 Å². The average Bonchev–Trinajstić information content (AvgIpc) is 2.18. The number of nitrogens with one attached hydrogen (secondary N) is 1. The van der Waals surface area contributed by atoms with E-state index in [0.29, 0.717) is 6.54 Å². The Labute approximate surface area is 103 Å². The van der Waals surface area contributed by atoms with E-state index in [4.69, 9.17) is 4.74 Å². The predicted octanol–water partition coefficient (Wildman–Crippen LogP) is 2.19. The van der Waals surface area contributed by atoms with Crippen LogP contribution in [0.15, 0.2) is 24.3 Å². The molecule has 1 amide bonds. The molecule has 4 heteroatoms. The van der Waals surface area contributed by atoms with Crippen LogP contribution in [0, 0.1) is 3.57 Å². The van der Waals surface area contributed by atoms with Gasteiger partial charge >= 0.3 is 0 Å². The summed E-state index contributed by atoms with van der Waals surface area (Å²) in [4.78, 5) is 11.4. The smallest absolute Gasteiger partial charge is 0.260 e. The van der Waals surface area contributed by atoms with Crippen molar-refractivity contribution in [2.45, 2.75) is 20.0 Å². The fraction of sp³-hybridized carbons (Fsp3) is 0.364. The van der Waals surface area contributed by atoms with Gasteiger partial charge in [0.15, 0.2) is 6.10 Å². The van der Waals surface area contributed by atoms with E-state index in [9.17, 15) is 4.79 Å². The molecule has 0 saturated heterocycles. The Balaban J connectivity index is 2.58. The molecule has 1 atom stereocenters. The SMILES string of the molecule is CCNC(=O)C(C)Oc1cccc(I)c1. The summed E-state index contributed by atoms with van der Waals surface area (Å²) in [6, 6.07) is 7.62. The van der Waals surface area contributed by atoms with E-state index in [-0.39, 0.29) is 5.91 Å². The first-order valence-corrected chi connectivity index (χ1v) is 5.91. The molecule has 15 heavy (non-hydrogen) atoms. The number of hydrogen-bond donors (Lipinski definition) is 1. The van der Waals surface area contributed by atoms with Gasteiger partial charge in [-0.1, -0.05) is 6.07 Å². The molecule has 1 rings (SSSR count). The second-order valence-electron chi connectivity index (χ2n) is 3.11. The highest BCUT2D eigenvalue weighted by molar-refractivity contribution is 14.1. The maximum atomic E-state index is 11.4. The van der Waals surface area contributed by atoms with Crippen LogP contribution < -0.4 is 10.1 Å². The summed E-state index contributed by atoms with van der Waals surface area (Å²) in [5.74, 6) is 0.636. The number of benzene rings is 1. The molecule has 0 aromatic heterocycles. The molecule has 3 nitrogen and oxygen atoms in total. The van der Waals surface area contributed by atoms with Gasteiger partial charge < -0.3 is 10.1 Å². The van der Waals surface area contributed by atoms with Crippen LogP contribution in [-0.4, -0.2) is 18.6 Å². The van der Waals surface area contributed by atoms with Crippen molar-refractivity contribution in [2.75, 3.05) is 6.54 Å². The number of rotatable bonds is 4. The summed E-state index contributed by atoms with van der Waals surface area (Å²) in [5, 5.41) is 2.71. The number of halogens is 1. The molecule has 82 valence electrons. The van der Waals surface area contributed by atoms with Gasteiger partial charge in [0.2, 0.25) is 0 Å². The van der Waals surface area contributed by atoms with Crippen LogP contribution >= 0.6 is 22.6 Å². The molecule has 0 aliphatic heterocycles. The Hall–Kier alpha value is -0.780. The third kappa shape index (κ3) is 4.07. The zero-order chi connectivity index (χ0) is 11.3. The van der Waals surface area contributed by atoms with Crippen LogP contribution in [0.5, 0.6) is 5.75 Å². The minimum absolute atomic E-state index is 0.0867. The van der Waals surface area contributed by atoms with Crippen molar-refractivity contribution in [1.29, 1.82) is 0 Å². The lowest BCUT2D eigenvalue weighted by atomic mass is 10.3. The van der Waals surface area contributed by atoms with Crippen LogP contribution in [-0.2, 0) is 4.79 Å². The Kier molecular flexibility index (Phi) is 4.87. The number of carbonyl (C=O) groups is 1. The molecular formula is C11H14INO2. The van der Waals surface area contributed by atoms with Gasteiger partial charge in [-0.05, 0) is 54.6 Å². The van der Waals surface area contributed by atoms with Gasteiger partial charge in [-0.15, -0.1) is 0 Å². The second-order valence-corrected chi connectivity index (χ2v) is 4.36. The fourth-order valence-electron chi connectivity index (χ4n) is 1.12. The van der Waals surface area contributed by atoms with Crippen LogP contribution in [0.25, 0.3) is 0 Å². The third-order valence-electron chi connectivity index (χ3n) is 1.83. The lowest BCUT2D eigenvalue weighted by Gasteiger charge is -2.13. The van der Waals surface area contributed by atoms with E-state index in [1.165, 1.54) is 0 Å². The Morgan fingerprint density at radius 2 is 2.33 bits per heavy atom. The minimum Gasteiger partial charge on any atom is -0.481 e. The van der Waals surface area contributed by atoms with Crippen molar-refractivity contribution < 1.29 is 9.53 Å². The van der Waals surface area contributed by atoms with E-state index in [1.54, 1.807) is 6.92 Å². The zero-order valence-corrected chi connectivity index (χ0v) is 10.9. The molecule has 1 aromatic carbocycles. The highest BCUT2D eigenvalue weighted by Gasteiger charge is 2.12. The summed E-state index contributed by atoms with van der Waals surface area (Å²) >= 11 is 2.21. The number of carbonyl (C=O) groups excluding carboxylic acids is 1. The van der Waals surface area contributed by atoms with E-state index >= 15 is 0 Å². The van der Waals surface area contributed by atoms with Crippen molar-refractivity contribution in [3.8, 4) is 5.75 Å². The van der Waals surface area contributed by atoms with Gasteiger partial charge in [-0.3, -0.25) is 4.79 Å². The van der Waals surface area contributed by atoms with Crippen molar-refractivity contribution in [2.24, 2.45) is 0 Å². The lowest BCUT2D eigenvalue weighted by Crippen LogP contribution is -2.36. The normalized spacial score (nSPS) is 11.9. The van der Waals surface area contributed by atoms with Gasteiger partial charge in [0, 0.05) is 10.1 Å². The summed E-state index contributed by atoms with van der Waals surface area (Å²) < 4.78 is 6.58. The average molecular weight is 319 g/mol. The first kappa shape index (κ1) is 12.3. The van der Waals surface area contributed by atoms with Gasteiger partial charge in [-0.2, -0.15) is 0 Å². The summed E-state index contributed by atoms with van der Waals surface area (Å²) in [5.41, 5.74) is 0. The van der Waals surface area contributed by atoms with Gasteiger partial charge in [0.1, 0.15) is 5.75 Å². The minimum atomic E-state index is -0.455. The maximum absolute atomic E-state index is 11.4. The van der Waals surface area contributed by atoms with Crippen LogP contribution in [0.2, 0.25) is 0 Å². The quantitative estimate of drug-likeness (QED) is 0.864. The number of hydrogen-bond acceptors (Lipinski definition) is 2.